The second-order valence-electron chi connectivity index (χ2n) is 7.52. The molecular formula is C27H22. The van der Waals surface area contributed by atoms with E-state index in [1.807, 2.05) is 0 Å². The highest BCUT2D eigenvalue weighted by Crippen LogP contribution is 2.40. The second-order valence-corrected chi connectivity index (χ2v) is 7.52. The van der Waals surface area contributed by atoms with Gasteiger partial charge in [-0.15, -0.1) is 0 Å². The summed E-state index contributed by atoms with van der Waals surface area (Å²) in [5, 5.41) is 2.62. The predicted molar refractivity (Wildman–Crippen MR) is 117 cm³/mol. The van der Waals surface area contributed by atoms with Crippen LogP contribution in [0.25, 0.3) is 33.5 Å². The molecule has 27 heavy (non-hydrogen) atoms. The molecular weight excluding hydrogens is 324 g/mol. The maximum atomic E-state index is 2.42. The Morgan fingerprint density at radius 2 is 1.30 bits per heavy atom. The molecule has 0 fully saturated rings. The highest BCUT2D eigenvalue weighted by Gasteiger charge is 2.20. The molecule has 0 spiro atoms. The summed E-state index contributed by atoms with van der Waals surface area (Å²) >= 11 is 0. The van der Waals surface area contributed by atoms with Gasteiger partial charge in [-0.05, 0) is 81.6 Å². The van der Waals surface area contributed by atoms with Crippen molar-refractivity contribution in [1.29, 1.82) is 0 Å². The minimum atomic E-state index is 1.01. The maximum absolute atomic E-state index is 2.42. The number of aryl methyl sites for hydroxylation is 2. The Morgan fingerprint density at radius 3 is 2.15 bits per heavy atom. The van der Waals surface area contributed by atoms with Gasteiger partial charge in [-0.3, -0.25) is 0 Å². The Bertz CT molecular complexity index is 1180. The lowest BCUT2D eigenvalue weighted by atomic mass is 9.93. The number of hydrogen-bond donors (Lipinski definition) is 0. The van der Waals surface area contributed by atoms with Gasteiger partial charge >= 0.3 is 0 Å². The van der Waals surface area contributed by atoms with Crippen molar-refractivity contribution in [3.8, 4) is 11.1 Å². The monoisotopic (exact) mass is 346 g/mol. The molecule has 4 aromatic carbocycles. The topological polar surface area (TPSA) is 0 Å². The first-order chi connectivity index (χ1) is 13.2. The first-order valence-electron chi connectivity index (χ1n) is 9.59. The van der Waals surface area contributed by atoms with Gasteiger partial charge in [-0.25, -0.2) is 0 Å². The predicted octanol–water partition coefficient (Wildman–Crippen LogP) is 7.22. The molecule has 1 aliphatic rings. The molecule has 0 aromatic heterocycles. The van der Waals surface area contributed by atoms with E-state index in [0.717, 1.165) is 6.42 Å². The van der Waals surface area contributed by atoms with Crippen LogP contribution in [0.1, 0.15) is 27.8 Å². The molecule has 0 saturated heterocycles. The first-order valence-corrected chi connectivity index (χ1v) is 9.59. The van der Waals surface area contributed by atoms with Crippen LogP contribution in [0.3, 0.4) is 0 Å². The zero-order valence-electron chi connectivity index (χ0n) is 15.8. The van der Waals surface area contributed by atoms with Crippen LogP contribution < -0.4 is 0 Å². The van der Waals surface area contributed by atoms with E-state index in [1.165, 1.54) is 55.3 Å². The molecule has 130 valence electrons. The summed E-state index contributed by atoms with van der Waals surface area (Å²) in [7, 11) is 0. The molecule has 4 aromatic rings. The maximum Gasteiger partial charge on any atom is -0.00132 e. The molecule has 0 saturated carbocycles. The third-order valence-corrected chi connectivity index (χ3v) is 5.78. The van der Waals surface area contributed by atoms with Gasteiger partial charge in [0.05, 0.1) is 0 Å². The number of fused-ring (bicyclic) bond motifs is 2. The van der Waals surface area contributed by atoms with Crippen molar-refractivity contribution in [2.24, 2.45) is 0 Å². The number of benzene rings is 4. The first kappa shape index (κ1) is 16.1. The fraction of sp³-hybridized carbons (Fsp3) is 0.111. The number of allylic oxidation sites excluding steroid dienone is 1. The van der Waals surface area contributed by atoms with Crippen LogP contribution in [0.4, 0.5) is 0 Å². The zero-order valence-corrected chi connectivity index (χ0v) is 15.8. The normalized spacial score (nSPS) is 12.9. The quantitative estimate of drug-likeness (QED) is 0.359. The summed E-state index contributed by atoms with van der Waals surface area (Å²) in [6.45, 7) is 4.44. The van der Waals surface area contributed by atoms with Crippen molar-refractivity contribution in [2.75, 3.05) is 0 Å². The average Bonchev–Trinajstić information content (AvgIpc) is 3.11. The molecule has 0 N–H and O–H groups in total. The summed E-state index contributed by atoms with van der Waals surface area (Å²) in [4.78, 5) is 0. The summed E-state index contributed by atoms with van der Waals surface area (Å²) in [5.74, 6) is 0. The zero-order chi connectivity index (χ0) is 18.4. The van der Waals surface area contributed by atoms with Crippen LogP contribution in [0.2, 0.25) is 0 Å². The molecule has 0 unspecified atom stereocenters. The van der Waals surface area contributed by atoms with Gasteiger partial charge in [0, 0.05) is 0 Å². The second kappa shape index (κ2) is 6.25. The highest BCUT2D eigenvalue weighted by atomic mass is 14.2. The minimum Gasteiger partial charge on any atom is -0.0617 e. The van der Waals surface area contributed by atoms with Crippen LogP contribution in [-0.2, 0) is 6.42 Å². The van der Waals surface area contributed by atoms with E-state index < -0.39 is 0 Å². The number of hydrogen-bond acceptors (Lipinski definition) is 0. The van der Waals surface area contributed by atoms with Crippen LogP contribution in [0.15, 0.2) is 78.9 Å². The van der Waals surface area contributed by atoms with Crippen molar-refractivity contribution in [3.63, 3.8) is 0 Å². The van der Waals surface area contributed by atoms with Crippen LogP contribution in [0, 0.1) is 13.8 Å². The molecule has 0 radical (unpaired) electrons. The van der Waals surface area contributed by atoms with Crippen molar-refractivity contribution >= 4 is 22.4 Å². The van der Waals surface area contributed by atoms with Gasteiger partial charge in [-0.2, -0.15) is 0 Å². The molecule has 0 aliphatic heterocycles. The van der Waals surface area contributed by atoms with Crippen molar-refractivity contribution < 1.29 is 0 Å². The smallest absolute Gasteiger partial charge is 0.00132 e. The fourth-order valence-electron chi connectivity index (χ4n) is 4.54. The SMILES string of the molecule is Cc1cccc(C)c1C1=Cc2c(cccc2-c2cccc3ccccc23)C1. The Hall–Kier alpha value is -3.12. The standard InChI is InChI=1S/C27H22/c1-18-8-5-9-19(2)27(18)22-16-21-12-7-15-25(26(21)17-22)24-14-6-11-20-10-3-4-13-23(20)24/h3-15,17H,16H2,1-2H3. The Balaban J connectivity index is 1.72. The van der Waals surface area contributed by atoms with E-state index in [4.69, 9.17) is 0 Å². The van der Waals surface area contributed by atoms with Crippen LogP contribution >= 0.6 is 0 Å². The summed E-state index contributed by atoms with van der Waals surface area (Å²) in [6.07, 6.45) is 3.43. The van der Waals surface area contributed by atoms with E-state index in [9.17, 15) is 0 Å². The summed E-state index contributed by atoms with van der Waals surface area (Å²) in [5.41, 5.74) is 11.0. The van der Waals surface area contributed by atoms with Crippen molar-refractivity contribution in [2.45, 2.75) is 20.3 Å². The van der Waals surface area contributed by atoms with E-state index in [0.29, 0.717) is 0 Å². The van der Waals surface area contributed by atoms with E-state index in [1.54, 1.807) is 0 Å². The van der Waals surface area contributed by atoms with Gasteiger partial charge < -0.3 is 0 Å². The molecule has 0 heteroatoms. The molecule has 0 heterocycles. The lowest BCUT2D eigenvalue weighted by molar-refractivity contribution is 1.27. The van der Waals surface area contributed by atoms with Gasteiger partial charge in [0.15, 0.2) is 0 Å². The van der Waals surface area contributed by atoms with E-state index >= 15 is 0 Å². The molecule has 0 nitrogen and oxygen atoms in total. The van der Waals surface area contributed by atoms with Gasteiger partial charge in [0.2, 0.25) is 0 Å². The Morgan fingerprint density at radius 1 is 0.630 bits per heavy atom. The summed E-state index contributed by atoms with van der Waals surface area (Å²) < 4.78 is 0. The third-order valence-electron chi connectivity index (χ3n) is 5.78. The molecule has 0 bridgehead atoms. The van der Waals surface area contributed by atoms with Gasteiger partial charge in [-0.1, -0.05) is 78.9 Å². The lowest BCUT2D eigenvalue weighted by Crippen LogP contribution is -1.93. The molecule has 0 atom stereocenters. The summed E-state index contributed by atoms with van der Waals surface area (Å²) in [6, 6.07) is 28.6. The highest BCUT2D eigenvalue weighted by molar-refractivity contribution is 6.02. The number of rotatable bonds is 2. The lowest BCUT2D eigenvalue weighted by Gasteiger charge is -2.11. The molecule has 1 aliphatic carbocycles. The third kappa shape index (κ3) is 2.61. The van der Waals surface area contributed by atoms with Crippen LogP contribution in [0.5, 0.6) is 0 Å². The Labute approximate surface area is 160 Å². The van der Waals surface area contributed by atoms with E-state index in [2.05, 4.69) is 98.8 Å². The van der Waals surface area contributed by atoms with Gasteiger partial charge in [0.25, 0.3) is 0 Å². The molecule has 0 amide bonds. The van der Waals surface area contributed by atoms with Crippen molar-refractivity contribution in [3.05, 3.63) is 107 Å². The van der Waals surface area contributed by atoms with Gasteiger partial charge in [0.1, 0.15) is 0 Å². The van der Waals surface area contributed by atoms with Crippen LogP contribution in [-0.4, -0.2) is 0 Å². The largest absolute Gasteiger partial charge is 0.0617 e. The Kier molecular flexibility index (Phi) is 3.72. The average molecular weight is 346 g/mol. The van der Waals surface area contributed by atoms with E-state index in [-0.39, 0.29) is 0 Å². The minimum absolute atomic E-state index is 1.01. The fourth-order valence-corrected chi connectivity index (χ4v) is 4.54. The van der Waals surface area contributed by atoms with Crippen molar-refractivity contribution in [1.82, 2.24) is 0 Å². The molecule has 5 rings (SSSR count).